The Kier molecular flexibility index (Phi) is 6.15. The van der Waals surface area contributed by atoms with Crippen LogP contribution in [0.4, 0.5) is 11.4 Å². The van der Waals surface area contributed by atoms with E-state index in [0.29, 0.717) is 15.7 Å². The second-order valence-electron chi connectivity index (χ2n) is 5.70. The van der Waals surface area contributed by atoms with Gasteiger partial charge < -0.3 is 5.32 Å². The Hall–Kier alpha value is -2.25. The minimum atomic E-state index is -3.79. The van der Waals surface area contributed by atoms with E-state index in [1.807, 2.05) is 0 Å². The summed E-state index contributed by atoms with van der Waals surface area (Å²) in [6.45, 7) is 0. The van der Waals surface area contributed by atoms with Crippen molar-refractivity contribution in [2.24, 2.45) is 0 Å². The molecule has 0 aliphatic rings. The summed E-state index contributed by atoms with van der Waals surface area (Å²) in [5.74, 6) is -0.433. The highest BCUT2D eigenvalue weighted by Crippen LogP contribution is 2.28. The highest BCUT2D eigenvalue weighted by atomic mass is 35.5. The van der Waals surface area contributed by atoms with Gasteiger partial charge in [0, 0.05) is 11.3 Å². The van der Waals surface area contributed by atoms with Crippen LogP contribution in [0.15, 0.2) is 71.6 Å². The van der Waals surface area contributed by atoms with Crippen LogP contribution >= 0.6 is 34.8 Å². The summed E-state index contributed by atoms with van der Waals surface area (Å²) >= 11 is 18.0. The van der Waals surface area contributed by atoms with E-state index in [-0.39, 0.29) is 21.2 Å². The van der Waals surface area contributed by atoms with Gasteiger partial charge in [0.1, 0.15) is 0 Å². The molecule has 0 heterocycles. The van der Waals surface area contributed by atoms with E-state index in [2.05, 4.69) is 10.0 Å². The van der Waals surface area contributed by atoms with Crippen molar-refractivity contribution in [3.8, 4) is 0 Å². The number of halogens is 3. The average Bonchev–Trinajstić information content (AvgIpc) is 2.67. The van der Waals surface area contributed by atoms with Crippen molar-refractivity contribution in [1.82, 2.24) is 0 Å². The Bertz CT molecular complexity index is 1140. The third kappa shape index (κ3) is 4.77. The topological polar surface area (TPSA) is 75.3 Å². The average molecular weight is 456 g/mol. The lowest BCUT2D eigenvalue weighted by atomic mass is 10.2. The van der Waals surface area contributed by atoms with Gasteiger partial charge in [0.25, 0.3) is 15.9 Å². The maximum absolute atomic E-state index is 12.4. The van der Waals surface area contributed by atoms with Crippen molar-refractivity contribution in [1.29, 1.82) is 0 Å². The fourth-order valence-electron chi connectivity index (χ4n) is 2.32. The van der Waals surface area contributed by atoms with Crippen LogP contribution in [0.5, 0.6) is 0 Å². The molecule has 3 aromatic rings. The molecule has 0 radical (unpaired) electrons. The van der Waals surface area contributed by atoms with Gasteiger partial charge in [-0.15, -0.1) is 0 Å². The molecule has 144 valence electrons. The minimum absolute atomic E-state index is 0.0845. The molecule has 0 saturated carbocycles. The lowest BCUT2D eigenvalue weighted by Crippen LogP contribution is -2.14. The van der Waals surface area contributed by atoms with E-state index in [4.69, 9.17) is 34.8 Å². The fraction of sp³-hybridized carbons (Fsp3) is 0. The number of nitrogens with one attached hydrogen (secondary N) is 2. The van der Waals surface area contributed by atoms with Crippen LogP contribution in [0.25, 0.3) is 0 Å². The molecule has 0 aliphatic heterocycles. The molecule has 1 amide bonds. The molecule has 0 aromatic heterocycles. The van der Waals surface area contributed by atoms with Gasteiger partial charge in [0.2, 0.25) is 0 Å². The summed E-state index contributed by atoms with van der Waals surface area (Å²) < 4.78 is 27.2. The van der Waals surface area contributed by atoms with Gasteiger partial charge >= 0.3 is 0 Å². The molecule has 28 heavy (non-hydrogen) atoms. The zero-order valence-corrected chi connectivity index (χ0v) is 17.2. The van der Waals surface area contributed by atoms with Crippen LogP contribution in [0.3, 0.4) is 0 Å². The van der Waals surface area contributed by atoms with Gasteiger partial charge in [-0.2, -0.15) is 0 Å². The Morgan fingerprint density at radius 1 is 0.786 bits per heavy atom. The first-order valence-corrected chi connectivity index (χ1v) is 10.5. The van der Waals surface area contributed by atoms with Gasteiger partial charge in [0.15, 0.2) is 0 Å². The number of rotatable bonds is 5. The summed E-state index contributed by atoms with van der Waals surface area (Å²) in [6, 6.07) is 16.8. The van der Waals surface area contributed by atoms with E-state index in [1.54, 1.807) is 30.3 Å². The van der Waals surface area contributed by atoms with Gasteiger partial charge in [0.05, 0.1) is 25.7 Å². The van der Waals surface area contributed by atoms with Gasteiger partial charge in [-0.1, -0.05) is 53.0 Å². The maximum Gasteiger partial charge on any atom is 0.261 e. The number of sulfonamides is 1. The number of carbonyl (C=O) groups excluding carboxylic acids is 1. The quantitative estimate of drug-likeness (QED) is 0.518. The number of benzene rings is 3. The van der Waals surface area contributed by atoms with Gasteiger partial charge in [-0.3, -0.25) is 9.52 Å². The number of amides is 1. The van der Waals surface area contributed by atoms with Crippen molar-refractivity contribution in [2.45, 2.75) is 4.90 Å². The highest BCUT2D eigenvalue weighted by Gasteiger charge is 2.16. The van der Waals surface area contributed by atoms with Gasteiger partial charge in [-0.25, -0.2) is 8.42 Å². The fourth-order valence-corrected chi connectivity index (χ4v) is 4.00. The minimum Gasteiger partial charge on any atom is -0.322 e. The summed E-state index contributed by atoms with van der Waals surface area (Å²) in [5.41, 5.74) is 0.875. The predicted octanol–water partition coefficient (Wildman–Crippen LogP) is 5.70. The number of hydrogen-bond acceptors (Lipinski definition) is 3. The molecule has 0 fully saturated rings. The number of anilines is 2. The lowest BCUT2D eigenvalue weighted by Gasteiger charge is -2.11. The largest absolute Gasteiger partial charge is 0.322 e. The van der Waals surface area contributed by atoms with Crippen LogP contribution < -0.4 is 10.0 Å². The Labute approximate surface area is 177 Å². The first-order chi connectivity index (χ1) is 13.3. The second kappa shape index (κ2) is 8.41. The van der Waals surface area contributed by atoms with E-state index >= 15 is 0 Å². The molecule has 0 spiro atoms. The summed E-state index contributed by atoms with van der Waals surface area (Å²) in [6.07, 6.45) is 0. The lowest BCUT2D eigenvalue weighted by molar-refractivity contribution is 0.102. The van der Waals surface area contributed by atoms with Crippen molar-refractivity contribution in [3.05, 3.63) is 87.4 Å². The van der Waals surface area contributed by atoms with E-state index in [0.717, 1.165) is 0 Å². The molecular weight excluding hydrogens is 443 g/mol. The van der Waals surface area contributed by atoms with Crippen LogP contribution in [0.2, 0.25) is 15.1 Å². The van der Waals surface area contributed by atoms with Gasteiger partial charge in [-0.05, 0) is 48.5 Å². The zero-order chi connectivity index (χ0) is 20.3. The summed E-state index contributed by atoms with van der Waals surface area (Å²) in [4.78, 5) is 12.5. The molecule has 0 aliphatic carbocycles. The third-order valence-corrected chi connectivity index (χ3v) is 6.14. The second-order valence-corrected chi connectivity index (χ2v) is 8.60. The molecule has 9 heteroatoms. The van der Waals surface area contributed by atoms with Crippen LogP contribution in [0.1, 0.15) is 10.4 Å². The molecule has 5 nitrogen and oxygen atoms in total. The van der Waals surface area contributed by atoms with Crippen LogP contribution in [-0.4, -0.2) is 14.3 Å². The molecule has 0 atom stereocenters. The van der Waals surface area contributed by atoms with Crippen molar-refractivity contribution in [3.63, 3.8) is 0 Å². The Morgan fingerprint density at radius 3 is 2.14 bits per heavy atom. The Morgan fingerprint density at radius 2 is 1.50 bits per heavy atom. The third-order valence-electron chi connectivity index (χ3n) is 3.71. The van der Waals surface area contributed by atoms with Crippen molar-refractivity contribution >= 4 is 62.1 Å². The molecule has 3 rings (SSSR count). The predicted molar refractivity (Wildman–Crippen MR) is 113 cm³/mol. The zero-order valence-electron chi connectivity index (χ0n) is 14.1. The first kappa shape index (κ1) is 20.5. The monoisotopic (exact) mass is 454 g/mol. The molecule has 2 N–H and O–H groups in total. The first-order valence-electron chi connectivity index (χ1n) is 7.90. The number of hydrogen-bond donors (Lipinski definition) is 2. The maximum atomic E-state index is 12.4. The summed E-state index contributed by atoms with van der Waals surface area (Å²) in [5, 5.41) is 3.43. The standard InChI is InChI=1S/C19H13Cl3N2O3S/c20-15-8-7-13(11-16(15)21)23-19(25)12-6-9-18(17(22)10-12)24-28(26,27)14-4-2-1-3-5-14/h1-11,24H,(H,23,25). The Balaban J connectivity index is 1.78. The SMILES string of the molecule is O=C(Nc1ccc(Cl)c(Cl)c1)c1ccc(NS(=O)(=O)c2ccccc2)c(Cl)c1. The van der Waals surface area contributed by atoms with Crippen LogP contribution in [0, 0.1) is 0 Å². The molecule has 3 aromatic carbocycles. The van der Waals surface area contributed by atoms with E-state index in [9.17, 15) is 13.2 Å². The smallest absolute Gasteiger partial charge is 0.261 e. The number of carbonyl (C=O) groups is 1. The molecule has 0 unspecified atom stereocenters. The van der Waals surface area contributed by atoms with Crippen molar-refractivity contribution < 1.29 is 13.2 Å². The van der Waals surface area contributed by atoms with Crippen LogP contribution in [-0.2, 0) is 10.0 Å². The van der Waals surface area contributed by atoms with Crippen molar-refractivity contribution in [2.75, 3.05) is 10.0 Å². The highest BCUT2D eigenvalue weighted by molar-refractivity contribution is 7.92. The molecule has 0 saturated heterocycles. The summed E-state index contributed by atoms with van der Waals surface area (Å²) in [7, 11) is -3.79. The van der Waals surface area contributed by atoms with E-state index < -0.39 is 15.9 Å². The normalized spacial score (nSPS) is 11.1. The molecule has 0 bridgehead atoms. The van der Waals surface area contributed by atoms with E-state index in [1.165, 1.54) is 36.4 Å². The molecular formula is C19H13Cl3N2O3S.